The zero-order valence-corrected chi connectivity index (χ0v) is 12.9. The Bertz CT molecular complexity index is 781. The van der Waals surface area contributed by atoms with Crippen molar-refractivity contribution in [3.8, 4) is 5.69 Å². The molecule has 0 aliphatic carbocycles. The summed E-state index contributed by atoms with van der Waals surface area (Å²) in [5.74, 6) is 0.412. The third-order valence-corrected chi connectivity index (χ3v) is 4.52. The zero-order valence-electron chi connectivity index (χ0n) is 10.6. The first kappa shape index (κ1) is 13.6. The number of halogens is 2. The predicted octanol–water partition coefficient (Wildman–Crippen LogP) is 4.64. The van der Waals surface area contributed by atoms with Crippen molar-refractivity contribution in [3.05, 3.63) is 46.4 Å². The Kier molecular flexibility index (Phi) is 3.54. The average molecular weight is 324 g/mol. The van der Waals surface area contributed by atoms with Gasteiger partial charge in [-0.05, 0) is 42.7 Å². The van der Waals surface area contributed by atoms with E-state index < -0.39 is 0 Å². The number of nitrogens with zero attached hydrogens (tertiary/aromatic N) is 2. The van der Waals surface area contributed by atoms with Gasteiger partial charge in [-0.2, -0.15) is 0 Å². The fourth-order valence-corrected chi connectivity index (χ4v) is 2.82. The van der Waals surface area contributed by atoms with Crippen molar-refractivity contribution in [3.63, 3.8) is 0 Å². The largest absolute Gasteiger partial charge is 0.369 e. The summed E-state index contributed by atoms with van der Waals surface area (Å²) in [7, 11) is 0. The van der Waals surface area contributed by atoms with Crippen LogP contribution in [0.1, 0.15) is 0 Å². The highest BCUT2D eigenvalue weighted by atomic mass is 35.5. The molecule has 0 amide bonds. The van der Waals surface area contributed by atoms with Crippen molar-refractivity contribution in [1.29, 1.82) is 0 Å². The third kappa shape index (κ3) is 2.24. The van der Waals surface area contributed by atoms with Crippen LogP contribution in [0.4, 0.5) is 5.95 Å². The topological polar surface area (TPSA) is 43.8 Å². The van der Waals surface area contributed by atoms with E-state index in [1.54, 1.807) is 23.9 Å². The number of nitrogen functional groups attached to an aromatic ring is 1. The smallest absolute Gasteiger partial charge is 0.205 e. The first-order chi connectivity index (χ1) is 9.60. The summed E-state index contributed by atoms with van der Waals surface area (Å²) >= 11 is 13.8. The van der Waals surface area contributed by atoms with E-state index in [4.69, 9.17) is 28.9 Å². The molecule has 0 saturated heterocycles. The van der Waals surface area contributed by atoms with E-state index in [9.17, 15) is 0 Å². The number of aromatic nitrogens is 2. The van der Waals surface area contributed by atoms with Crippen molar-refractivity contribution in [1.82, 2.24) is 9.55 Å². The Labute approximate surface area is 130 Å². The highest BCUT2D eigenvalue weighted by Crippen LogP contribution is 2.31. The lowest BCUT2D eigenvalue weighted by atomic mass is 10.3. The van der Waals surface area contributed by atoms with Gasteiger partial charge in [-0.25, -0.2) is 4.98 Å². The number of hydrogen-bond acceptors (Lipinski definition) is 3. The second-order valence-electron chi connectivity index (χ2n) is 4.26. The minimum absolute atomic E-state index is 0.412. The van der Waals surface area contributed by atoms with Crippen molar-refractivity contribution in [2.45, 2.75) is 4.90 Å². The Morgan fingerprint density at radius 2 is 1.75 bits per heavy atom. The fourth-order valence-electron chi connectivity index (χ4n) is 2.09. The van der Waals surface area contributed by atoms with Gasteiger partial charge in [0.25, 0.3) is 0 Å². The highest BCUT2D eigenvalue weighted by Gasteiger charge is 2.12. The molecule has 3 rings (SSSR count). The van der Waals surface area contributed by atoms with Crippen molar-refractivity contribution in [2.24, 2.45) is 0 Å². The molecule has 0 spiro atoms. The van der Waals surface area contributed by atoms with E-state index in [2.05, 4.69) is 4.98 Å². The number of hydrogen-bond donors (Lipinski definition) is 1. The van der Waals surface area contributed by atoms with Crippen LogP contribution >= 0.6 is 35.0 Å². The van der Waals surface area contributed by atoms with E-state index in [0.29, 0.717) is 16.0 Å². The summed E-state index contributed by atoms with van der Waals surface area (Å²) in [6.07, 6.45) is 2.04. The van der Waals surface area contributed by atoms with Crippen LogP contribution in [0.2, 0.25) is 10.0 Å². The maximum absolute atomic E-state index is 6.09. The molecule has 0 radical (unpaired) electrons. The molecule has 0 aliphatic rings. The van der Waals surface area contributed by atoms with Gasteiger partial charge in [0.15, 0.2) is 0 Å². The SMILES string of the molecule is CSc1ccc(-n2c(N)nc3cc(Cl)c(Cl)cc32)cc1. The summed E-state index contributed by atoms with van der Waals surface area (Å²) in [5, 5.41) is 0.961. The molecule has 3 nitrogen and oxygen atoms in total. The molecule has 0 bridgehead atoms. The van der Waals surface area contributed by atoms with Crippen molar-refractivity contribution >= 4 is 51.9 Å². The lowest BCUT2D eigenvalue weighted by Crippen LogP contribution is -2.00. The molecular weight excluding hydrogens is 313 g/mol. The fraction of sp³-hybridized carbons (Fsp3) is 0.0714. The number of fused-ring (bicyclic) bond motifs is 1. The number of anilines is 1. The second kappa shape index (κ2) is 5.20. The Morgan fingerprint density at radius 1 is 1.10 bits per heavy atom. The molecule has 1 heterocycles. The quantitative estimate of drug-likeness (QED) is 0.699. The van der Waals surface area contributed by atoms with Gasteiger partial charge in [-0.3, -0.25) is 4.57 Å². The first-order valence-corrected chi connectivity index (χ1v) is 7.85. The van der Waals surface area contributed by atoms with Crippen LogP contribution in [0, 0.1) is 0 Å². The lowest BCUT2D eigenvalue weighted by Gasteiger charge is -2.07. The maximum Gasteiger partial charge on any atom is 0.205 e. The Hall–Kier alpha value is -1.36. The van der Waals surface area contributed by atoms with E-state index in [1.165, 1.54) is 4.90 Å². The molecule has 6 heteroatoms. The summed E-state index contributed by atoms with van der Waals surface area (Å²) in [5.41, 5.74) is 8.53. The summed E-state index contributed by atoms with van der Waals surface area (Å²) < 4.78 is 1.86. The molecule has 0 aliphatic heterocycles. The number of thioether (sulfide) groups is 1. The van der Waals surface area contributed by atoms with Crippen LogP contribution in [0.3, 0.4) is 0 Å². The molecular formula is C14H11Cl2N3S. The van der Waals surface area contributed by atoms with Gasteiger partial charge >= 0.3 is 0 Å². The number of nitrogens with two attached hydrogens (primary N) is 1. The molecule has 102 valence electrons. The van der Waals surface area contributed by atoms with Crippen molar-refractivity contribution in [2.75, 3.05) is 12.0 Å². The van der Waals surface area contributed by atoms with E-state index in [0.717, 1.165) is 16.7 Å². The standard InChI is InChI=1S/C14H11Cl2N3S/c1-20-9-4-2-8(3-5-9)19-13-7-11(16)10(15)6-12(13)18-14(19)17/h2-7H,1H3,(H2,17,18). The molecule has 0 saturated carbocycles. The average Bonchev–Trinajstić information content (AvgIpc) is 2.75. The summed E-state index contributed by atoms with van der Waals surface area (Å²) in [6.45, 7) is 0. The van der Waals surface area contributed by atoms with Crippen LogP contribution in [0.5, 0.6) is 0 Å². The summed E-state index contributed by atoms with van der Waals surface area (Å²) in [4.78, 5) is 5.52. The van der Waals surface area contributed by atoms with E-state index in [1.807, 2.05) is 35.1 Å². The van der Waals surface area contributed by atoms with Crippen LogP contribution in [-0.4, -0.2) is 15.8 Å². The lowest BCUT2D eigenvalue weighted by molar-refractivity contribution is 1.10. The van der Waals surface area contributed by atoms with Gasteiger partial charge in [0.05, 0.1) is 21.1 Å². The van der Waals surface area contributed by atoms with Crippen LogP contribution in [-0.2, 0) is 0 Å². The van der Waals surface area contributed by atoms with Crippen LogP contribution < -0.4 is 5.73 Å². The second-order valence-corrected chi connectivity index (χ2v) is 5.95. The normalized spacial score (nSPS) is 11.2. The van der Waals surface area contributed by atoms with Gasteiger partial charge in [0, 0.05) is 10.6 Å². The molecule has 2 aromatic carbocycles. The van der Waals surface area contributed by atoms with Crippen LogP contribution in [0.25, 0.3) is 16.7 Å². The molecule has 1 aromatic heterocycles. The molecule has 0 unspecified atom stereocenters. The van der Waals surface area contributed by atoms with Gasteiger partial charge in [0.2, 0.25) is 5.95 Å². The monoisotopic (exact) mass is 323 g/mol. The minimum Gasteiger partial charge on any atom is -0.369 e. The third-order valence-electron chi connectivity index (χ3n) is 3.05. The maximum atomic E-state index is 6.09. The van der Waals surface area contributed by atoms with Gasteiger partial charge < -0.3 is 5.73 Å². The van der Waals surface area contributed by atoms with Crippen molar-refractivity contribution < 1.29 is 0 Å². The molecule has 3 aromatic rings. The molecule has 20 heavy (non-hydrogen) atoms. The highest BCUT2D eigenvalue weighted by molar-refractivity contribution is 7.98. The van der Waals surface area contributed by atoms with E-state index >= 15 is 0 Å². The molecule has 0 atom stereocenters. The Morgan fingerprint density at radius 3 is 2.40 bits per heavy atom. The zero-order chi connectivity index (χ0) is 14.3. The van der Waals surface area contributed by atoms with Crippen LogP contribution in [0.15, 0.2) is 41.3 Å². The Balaban J connectivity index is 2.23. The summed E-state index contributed by atoms with van der Waals surface area (Å²) in [6, 6.07) is 11.6. The van der Waals surface area contributed by atoms with Gasteiger partial charge in [-0.1, -0.05) is 23.2 Å². The number of benzene rings is 2. The van der Waals surface area contributed by atoms with E-state index in [-0.39, 0.29) is 0 Å². The molecule has 0 fully saturated rings. The van der Waals surface area contributed by atoms with Gasteiger partial charge in [-0.15, -0.1) is 11.8 Å². The number of imidazole rings is 1. The number of rotatable bonds is 2. The van der Waals surface area contributed by atoms with Gasteiger partial charge in [0.1, 0.15) is 0 Å². The predicted molar refractivity (Wildman–Crippen MR) is 87.3 cm³/mol. The minimum atomic E-state index is 0.412. The first-order valence-electron chi connectivity index (χ1n) is 5.87. The molecule has 2 N–H and O–H groups in total.